The number of para-hydroxylation sites is 1. The predicted octanol–water partition coefficient (Wildman–Crippen LogP) is 3.54. The second-order valence-corrected chi connectivity index (χ2v) is 6.00. The number of guanidine groups is 1. The first kappa shape index (κ1) is 17.4. The molecule has 0 amide bonds. The Morgan fingerprint density at radius 3 is 2.55 bits per heavy atom. The van der Waals surface area contributed by atoms with Crippen molar-refractivity contribution in [2.24, 2.45) is 10.7 Å². The average Bonchev–Trinajstić information content (AvgIpc) is 2.50. The highest BCUT2D eigenvalue weighted by Crippen LogP contribution is 2.27. The zero-order valence-corrected chi connectivity index (χ0v) is 15.4. The molecule has 2 N–H and O–H groups in total. The van der Waals surface area contributed by atoms with Gasteiger partial charge in [-0.1, -0.05) is 18.2 Å². The Morgan fingerprint density at radius 2 is 1.86 bits per heavy atom. The van der Waals surface area contributed by atoms with E-state index in [1.807, 2.05) is 18.2 Å². The Balaban J connectivity index is 0.00000176. The van der Waals surface area contributed by atoms with E-state index in [2.05, 4.69) is 16.0 Å². The zero-order valence-electron chi connectivity index (χ0n) is 13.0. The third-order valence-corrected chi connectivity index (χ3v) is 4.41. The van der Waals surface area contributed by atoms with Crippen molar-refractivity contribution in [1.29, 1.82) is 0 Å². The van der Waals surface area contributed by atoms with Gasteiger partial charge in [-0.05, 0) is 44.6 Å². The zero-order chi connectivity index (χ0) is 14.5. The third-order valence-electron chi connectivity index (χ3n) is 4.41. The first-order chi connectivity index (χ1) is 10.3. The number of hydrogen-bond donors (Lipinski definition) is 1. The van der Waals surface area contributed by atoms with E-state index < -0.39 is 0 Å². The van der Waals surface area contributed by atoms with E-state index in [0.717, 1.165) is 24.4 Å². The fourth-order valence-electron chi connectivity index (χ4n) is 2.81. The minimum atomic E-state index is 0. The molecule has 0 radical (unpaired) electrons. The van der Waals surface area contributed by atoms with E-state index in [0.29, 0.717) is 18.6 Å². The molecule has 4 nitrogen and oxygen atoms in total. The minimum Gasteiger partial charge on any atom is -0.490 e. The van der Waals surface area contributed by atoms with Crippen LogP contribution in [0, 0.1) is 0 Å². The van der Waals surface area contributed by atoms with Gasteiger partial charge >= 0.3 is 0 Å². The molecule has 0 spiro atoms. The van der Waals surface area contributed by atoms with Crippen LogP contribution >= 0.6 is 24.0 Å². The topological polar surface area (TPSA) is 50.9 Å². The lowest BCUT2D eigenvalue weighted by atomic mass is 9.96. The fraction of sp³-hybridized carbons (Fsp3) is 0.588. The molecule has 0 unspecified atom stereocenters. The summed E-state index contributed by atoms with van der Waals surface area (Å²) in [5, 5.41) is 0. The van der Waals surface area contributed by atoms with Crippen molar-refractivity contribution >= 4 is 29.9 Å². The molecule has 2 aliphatic rings. The van der Waals surface area contributed by atoms with E-state index in [1.54, 1.807) is 0 Å². The summed E-state index contributed by atoms with van der Waals surface area (Å²) in [6.07, 6.45) is 7.78. The van der Waals surface area contributed by atoms with E-state index in [9.17, 15) is 0 Å². The summed E-state index contributed by atoms with van der Waals surface area (Å²) in [6.45, 7) is 2.68. The van der Waals surface area contributed by atoms with Crippen LogP contribution in [0.4, 0.5) is 0 Å². The summed E-state index contributed by atoms with van der Waals surface area (Å²) < 4.78 is 6.04. The second-order valence-electron chi connectivity index (χ2n) is 6.00. The summed E-state index contributed by atoms with van der Waals surface area (Å²) in [7, 11) is 0. The van der Waals surface area contributed by atoms with E-state index >= 15 is 0 Å². The first-order valence-electron chi connectivity index (χ1n) is 8.12. The summed E-state index contributed by atoms with van der Waals surface area (Å²) in [6, 6.07) is 8.19. The number of nitrogens with zero attached hydrogens (tertiary/aromatic N) is 2. The standard InChI is InChI=1S/C17H25N3O.HI/c18-17(20-11-4-1-5-12-20)19-13-14-7-2-3-10-16(14)21-15-8-6-9-15;/h2-3,7,10,15H,1,4-6,8-9,11-13H2,(H2,18,19);1H. The SMILES string of the molecule is I.NC(=NCc1ccccc1OC1CCC1)N1CCCCC1. The molecule has 22 heavy (non-hydrogen) atoms. The van der Waals surface area contributed by atoms with Crippen LogP contribution in [0.1, 0.15) is 44.1 Å². The maximum absolute atomic E-state index is 6.12. The number of aliphatic imine (C=N–C) groups is 1. The van der Waals surface area contributed by atoms with Crippen LogP contribution in [-0.4, -0.2) is 30.1 Å². The number of piperidine rings is 1. The van der Waals surface area contributed by atoms with Gasteiger partial charge in [0.25, 0.3) is 0 Å². The highest BCUT2D eigenvalue weighted by Gasteiger charge is 2.20. The van der Waals surface area contributed by atoms with Gasteiger partial charge < -0.3 is 15.4 Å². The molecule has 122 valence electrons. The normalized spacial score (nSPS) is 19.3. The lowest BCUT2D eigenvalue weighted by Gasteiger charge is -2.28. The summed E-state index contributed by atoms with van der Waals surface area (Å²) in [5.74, 6) is 1.64. The van der Waals surface area contributed by atoms with Gasteiger partial charge in [0.15, 0.2) is 5.96 Å². The number of benzene rings is 1. The van der Waals surface area contributed by atoms with Crippen LogP contribution < -0.4 is 10.5 Å². The molecule has 0 bridgehead atoms. The molecule has 5 heteroatoms. The van der Waals surface area contributed by atoms with E-state index in [-0.39, 0.29) is 24.0 Å². The van der Waals surface area contributed by atoms with Crippen LogP contribution in [0.25, 0.3) is 0 Å². The number of ether oxygens (including phenoxy) is 1. The van der Waals surface area contributed by atoms with Gasteiger partial charge in [-0.3, -0.25) is 0 Å². The van der Waals surface area contributed by atoms with Crippen LogP contribution in [-0.2, 0) is 6.54 Å². The van der Waals surface area contributed by atoms with Crippen molar-refractivity contribution in [3.63, 3.8) is 0 Å². The summed E-state index contributed by atoms with van der Waals surface area (Å²) >= 11 is 0. The first-order valence-corrected chi connectivity index (χ1v) is 8.12. The average molecular weight is 415 g/mol. The van der Waals surface area contributed by atoms with Crippen molar-refractivity contribution in [2.75, 3.05) is 13.1 Å². The highest BCUT2D eigenvalue weighted by atomic mass is 127. The smallest absolute Gasteiger partial charge is 0.191 e. The van der Waals surface area contributed by atoms with Crippen LogP contribution in [0.15, 0.2) is 29.3 Å². The van der Waals surface area contributed by atoms with Gasteiger partial charge in [-0.2, -0.15) is 0 Å². The lowest BCUT2D eigenvalue weighted by Crippen LogP contribution is -2.40. The molecule has 1 saturated carbocycles. The number of rotatable bonds is 4. The molecule has 1 aromatic carbocycles. The van der Waals surface area contributed by atoms with Crippen molar-refractivity contribution in [2.45, 2.75) is 51.2 Å². The molecular formula is C17H26IN3O. The maximum Gasteiger partial charge on any atom is 0.191 e. The highest BCUT2D eigenvalue weighted by molar-refractivity contribution is 14.0. The van der Waals surface area contributed by atoms with Crippen LogP contribution in [0.5, 0.6) is 5.75 Å². The Hall–Kier alpha value is -0.980. The van der Waals surface area contributed by atoms with Crippen molar-refractivity contribution in [3.8, 4) is 5.75 Å². The Morgan fingerprint density at radius 1 is 1.14 bits per heavy atom. The van der Waals surface area contributed by atoms with Gasteiger partial charge in [0, 0.05) is 18.7 Å². The van der Waals surface area contributed by atoms with Crippen molar-refractivity contribution in [3.05, 3.63) is 29.8 Å². The molecule has 0 atom stereocenters. The number of hydrogen-bond acceptors (Lipinski definition) is 2. The monoisotopic (exact) mass is 415 g/mol. The Kier molecular flexibility index (Phi) is 6.79. The van der Waals surface area contributed by atoms with Gasteiger partial charge in [-0.25, -0.2) is 4.99 Å². The minimum absolute atomic E-state index is 0. The van der Waals surface area contributed by atoms with Gasteiger partial charge in [0.2, 0.25) is 0 Å². The Labute approximate surface area is 150 Å². The molecular weight excluding hydrogens is 389 g/mol. The Bertz CT molecular complexity index is 496. The van der Waals surface area contributed by atoms with Crippen molar-refractivity contribution in [1.82, 2.24) is 4.90 Å². The third kappa shape index (κ3) is 4.51. The van der Waals surface area contributed by atoms with Gasteiger partial charge in [0.05, 0.1) is 12.6 Å². The number of nitrogens with two attached hydrogens (primary N) is 1. The summed E-state index contributed by atoms with van der Waals surface area (Å²) in [4.78, 5) is 6.76. The molecule has 1 aromatic rings. The largest absolute Gasteiger partial charge is 0.490 e. The lowest BCUT2D eigenvalue weighted by molar-refractivity contribution is 0.119. The molecule has 1 aliphatic carbocycles. The van der Waals surface area contributed by atoms with Crippen LogP contribution in [0.2, 0.25) is 0 Å². The number of likely N-dealkylation sites (tertiary alicyclic amines) is 1. The fourth-order valence-corrected chi connectivity index (χ4v) is 2.81. The van der Waals surface area contributed by atoms with E-state index in [4.69, 9.17) is 10.5 Å². The molecule has 2 fully saturated rings. The van der Waals surface area contributed by atoms with Crippen LogP contribution in [0.3, 0.4) is 0 Å². The van der Waals surface area contributed by atoms with Crippen molar-refractivity contribution < 1.29 is 4.74 Å². The maximum atomic E-state index is 6.12. The quantitative estimate of drug-likeness (QED) is 0.465. The molecule has 1 heterocycles. The molecule has 1 saturated heterocycles. The summed E-state index contributed by atoms with van der Waals surface area (Å²) in [5.41, 5.74) is 7.25. The van der Waals surface area contributed by atoms with Gasteiger partial charge in [0.1, 0.15) is 5.75 Å². The molecule has 3 rings (SSSR count). The molecule has 1 aliphatic heterocycles. The number of halogens is 1. The predicted molar refractivity (Wildman–Crippen MR) is 101 cm³/mol. The second kappa shape index (κ2) is 8.60. The molecule has 0 aromatic heterocycles. The van der Waals surface area contributed by atoms with E-state index in [1.165, 1.54) is 38.5 Å². The van der Waals surface area contributed by atoms with Gasteiger partial charge in [-0.15, -0.1) is 24.0 Å².